The average Bonchev–Trinajstić information content (AvgIpc) is 2.04. The smallest absolute Gasteiger partial charge is 0.0825 e. The van der Waals surface area contributed by atoms with Crippen LogP contribution in [0.15, 0.2) is 33.8 Å². The zero-order chi connectivity index (χ0) is 8.27. The van der Waals surface area contributed by atoms with E-state index in [1.165, 1.54) is 5.57 Å². The molecule has 11 heavy (non-hydrogen) atoms. The summed E-state index contributed by atoms with van der Waals surface area (Å²) in [5, 5.41) is 0. The molecule has 0 fully saturated rings. The molecule has 0 saturated heterocycles. The van der Waals surface area contributed by atoms with Gasteiger partial charge in [-0.2, -0.15) is 0 Å². The molecular formula is C9H12N2. The van der Waals surface area contributed by atoms with Gasteiger partial charge in [0.15, 0.2) is 0 Å². The zero-order valence-electron chi connectivity index (χ0n) is 7.13. The van der Waals surface area contributed by atoms with Crippen molar-refractivity contribution in [3.8, 4) is 0 Å². The maximum atomic E-state index is 4.11. The van der Waals surface area contributed by atoms with Gasteiger partial charge in [-0.05, 0) is 24.6 Å². The Hall–Kier alpha value is -1.18. The molecule has 0 aromatic rings. The van der Waals surface area contributed by atoms with Crippen molar-refractivity contribution in [3.63, 3.8) is 0 Å². The summed E-state index contributed by atoms with van der Waals surface area (Å²) in [6.07, 6.45) is 6.05. The Morgan fingerprint density at radius 3 is 2.18 bits per heavy atom. The number of hydrogen-bond acceptors (Lipinski definition) is 2. The highest BCUT2D eigenvalue weighted by atomic mass is 14.8. The van der Waals surface area contributed by atoms with Gasteiger partial charge in [0.05, 0.1) is 11.4 Å². The minimum atomic E-state index is 0.957. The van der Waals surface area contributed by atoms with Crippen LogP contribution >= 0.6 is 0 Å². The highest BCUT2D eigenvalue weighted by Crippen LogP contribution is 2.05. The van der Waals surface area contributed by atoms with Gasteiger partial charge in [0, 0.05) is 14.1 Å². The maximum absolute atomic E-state index is 4.11. The van der Waals surface area contributed by atoms with Crippen LogP contribution in [0.2, 0.25) is 0 Å². The normalized spacial score (nSPS) is 24.5. The third-order valence-electron chi connectivity index (χ3n) is 1.61. The molecular weight excluding hydrogens is 136 g/mol. The molecule has 0 aromatic carbocycles. The molecule has 1 aliphatic rings. The molecule has 0 spiro atoms. The first-order valence-corrected chi connectivity index (χ1v) is 3.58. The fourth-order valence-corrected chi connectivity index (χ4v) is 1.00. The van der Waals surface area contributed by atoms with Gasteiger partial charge >= 0.3 is 0 Å². The molecule has 0 heterocycles. The molecule has 2 nitrogen and oxygen atoms in total. The highest BCUT2D eigenvalue weighted by Gasteiger charge is 2.04. The van der Waals surface area contributed by atoms with Crippen molar-refractivity contribution in [1.82, 2.24) is 0 Å². The molecule has 58 valence electrons. The van der Waals surface area contributed by atoms with Crippen LogP contribution in [0.4, 0.5) is 0 Å². The predicted molar refractivity (Wildman–Crippen MR) is 49.6 cm³/mol. The van der Waals surface area contributed by atoms with Crippen LogP contribution in [0.5, 0.6) is 0 Å². The topological polar surface area (TPSA) is 24.7 Å². The monoisotopic (exact) mass is 148 g/mol. The van der Waals surface area contributed by atoms with Gasteiger partial charge in [0.2, 0.25) is 0 Å². The van der Waals surface area contributed by atoms with Crippen molar-refractivity contribution in [3.05, 3.63) is 23.8 Å². The lowest BCUT2D eigenvalue weighted by molar-refractivity contribution is 1.41. The molecule has 0 aromatic heterocycles. The van der Waals surface area contributed by atoms with Crippen LogP contribution < -0.4 is 0 Å². The van der Waals surface area contributed by atoms with E-state index in [-0.39, 0.29) is 0 Å². The van der Waals surface area contributed by atoms with Gasteiger partial charge in [-0.1, -0.05) is 6.08 Å². The summed E-state index contributed by atoms with van der Waals surface area (Å²) >= 11 is 0. The standard InChI is InChI=1S/C9H12N2/c1-7-4-5-8(10-2)9(6-7)11-3/h4-6H,1-3H3. The second kappa shape index (κ2) is 3.28. The van der Waals surface area contributed by atoms with Crippen molar-refractivity contribution < 1.29 is 0 Å². The van der Waals surface area contributed by atoms with E-state index in [4.69, 9.17) is 0 Å². The van der Waals surface area contributed by atoms with Gasteiger partial charge in [-0.25, -0.2) is 0 Å². The first-order valence-electron chi connectivity index (χ1n) is 3.58. The quantitative estimate of drug-likeness (QED) is 0.467. The Morgan fingerprint density at radius 2 is 1.64 bits per heavy atom. The molecule has 0 radical (unpaired) electrons. The van der Waals surface area contributed by atoms with Gasteiger partial charge < -0.3 is 0 Å². The van der Waals surface area contributed by atoms with Gasteiger partial charge in [0.25, 0.3) is 0 Å². The number of aliphatic imine (C=N–C) groups is 2. The van der Waals surface area contributed by atoms with E-state index in [0.717, 1.165) is 11.4 Å². The van der Waals surface area contributed by atoms with Crippen molar-refractivity contribution in [1.29, 1.82) is 0 Å². The van der Waals surface area contributed by atoms with E-state index in [0.29, 0.717) is 0 Å². The summed E-state index contributed by atoms with van der Waals surface area (Å²) in [6, 6.07) is 0. The van der Waals surface area contributed by atoms with E-state index in [2.05, 4.69) is 9.98 Å². The van der Waals surface area contributed by atoms with Gasteiger partial charge in [0.1, 0.15) is 0 Å². The molecule has 2 heteroatoms. The summed E-state index contributed by atoms with van der Waals surface area (Å²) in [6.45, 7) is 2.05. The maximum Gasteiger partial charge on any atom is 0.0825 e. The van der Waals surface area contributed by atoms with Crippen molar-refractivity contribution in [2.24, 2.45) is 9.98 Å². The van der Waals surface area contributed by atoms with E-state index >= 15 is 0 Å². The molecule has 0 atom stereocenters. The van der Waals surface area contributed by atoms with Crippen LogP contribution in [0.3, 0.4) is 0 Å². The predicted octanol–water partition coefficient (Wildman–Crippen LogP) is 1.64. The van der Waals surface area contributed by atoms with Crippen LogP contribution in [-0.4, -0.2) is 25.5 Å². The summed E-state index contributed by atoms with van der Waals surface area (Å²) in [5.41, 5.74) is 3.14. The fourth-order valence-electron chi connectivity index (χ4n) is 1.00. The summed E-state index contributed by atoms with van der Waals surface area (Å²) in [5.74, 6) is 0. The second-order valence-corrected chi connectivity index (χ2v) is 2.44. The van der Waals surface area contributed by atoms with Gasteiger partial charge in [-0.3, -0.25) is 9.98 Å². The molecule has 0 bridgehead atoms. The Bertz CT molecular complexity index is 267. The first kappa shape index (κ1) is 7.92. The van der Waals surface area contributed by atoms with Crippen LogP contribution in [0.1, 0.15) is 6.92 Å². The molecule has 0 amide bonds. The molecule has 0 saturated carbocycles. The molecule has 0 unspecified atom stereocenters. The summed E-state index contributed by atoms with van der Waals surface area (Å²) in [4.78, 5) is 8.20. The minimum absolute atomic E-state index is 0.957. The van der Waals surface area contributed by atoms with E-state index in [9.17, 15) is 0 Å². The van der Waals surface area contributed by atoms with Crippen molar-refractivity contribution in [2.75, 3.05) is 14.1 Å². The van der Waals surface area contributed by atoms with Crippen molar-refractivity contribution >= 4 is 11.4 Å². The number of nitrogens with zero attached hydrogens (tertiary/aromatic N) is 2. The average molecular weight is 148 g/mol. The van der Waals surface area contributed by atoms with Crippen LogP contribution in [-0.2, 0) is 0 Å². The lowest BCUT2D eigenvalue weighted by Crippen LogP contribution is -2.12. The lowest BCUT2D eigenvalue weighted by atomic mass is 10.1. The van der Waals surface area contributed by atoms with Crippen molar-refractivity contribution in [2.45, 2.75) is 6.92 Å². The number of rotatable bonds is 0. The lowest BCUT2D eigenvalue weighted by Gasteiger charge is -2.05. The summed E-state index contributed by atoms with van der Waals surface area (Å²) in [7, 11) is 3.56. The Labute approximate surface area is 67.1 Å². The fraction of sp³-hybridized carbons (Fsp3) is 0.333. The van der Waals surface area contributed by atoms with E-state index in [1.807, 2.05) is 25.2 Å². The molecule has 1 aliphatic carbocycles. The van der Waals surface area contributed by atoms with Crippen LogP contribution in [0, 0.1) is 0 Å². The van der Waals surface area contributed by atoms with Crippen LogP contribution in [0.25, 0.3) is 0 Å². The SMILES string of the molecule is CN=C1C=CC(C)=CC1=NC. The zero-order valence-corrected chi connectivity index (χ0v) is 7.13. The molecule has 0 aliphatic heterocycles. The molecule has 0 N–H and O–H groups in total. The third-order valence-corrected chi connectivity index (χ3v) is 1.61. The molecule has 1 rings (SSSR count). The Kier molecular flexibility index (Phi) is 2.36. The Balaban J connectivity index is 3.03. The largest absolute Gasteiger partial charge is 0.286 e. The minimum Gasteiger partial charge on any atom is -0.286 e. The van der Waals surface area contributed by atoms with Gasteiger partial charge in [-0.15, -0.1) is 0 Å². The van der Waals surface area contributed by atoms with E-state index in [1.54, 1.807) is 14.1 Å². The highest BCUT2D eigenvalue weighted by molar-refractivity contribution is 6.51. The Morgan fingerprint density at radius 1 is 1.00 bits per heavy atom. The first-order chi connectivity index (χ1) is 5.27. The number of allylic oxidation sites excluding steroid dienone is 4. The summed E-state index contributed by atoms with van der Waals surface area (Å²) < 4.78 is 0. The van der Waals surface area contributed by atoms with E-state index < -0.39 is 0 Å². The second-order valence-electron chi connectivity index (χ2n) is 2.44. The number of hydrogen-bond donors (Lipinski definition) is 0. The third kappa shape index (κ3) is 1.64.